The van der Waals surface area contributed by atoms with Gasteiger partial charge in [0.2, 0.25) is 5.78 Å². The average molecular weight is 332 g/mol. The average Bonchev–Trinajstić information content (AvgIpc) is 2.45. The summed E-state index contributed by atoms with van der Waals surface area (Å²) in [5.74, 6) is -2.88. The van der Waals surface area contributed by atoms with Crippen LogP contribution in [0.4, 0.5) is 14.5 Å². The number of halogens is 4. The van der Waals surface area contributed by atoms with Gasteiger partial charge in [-0.1, -0.05) is 23.2 Å². The first-order valence-electron chi connectivity index (χ1n) is 5.68. The van der Waals surface area contributed by atoms with Gasteiger partial charge in [-0.25, -0.2) is 8.78 Å². The summed E-state index contributed by atoms with van der Waals surface area (Å²) < 4.78 is 32.6. The normalized spacial score (nSPS) is 10.5. The molecule has 0 spiro atoms. The molecule has 110 valence electrons. The van der Waals surface area contributed by atoms with Crippen LogP contribution in [-0.2, 0) is 0 Å². The van der Waals surface area contributed by atoms with Gasteiger partial charge in [-0.2, -0.15) is 0 Å². The van der Waals surface area contributed by atoms with E-state index in [9.17, 15) is 13.6 Å². The second-order valence-corrected chi connectivity index (χ2v) is 4.94. The van der Waals surface area contributed by atoms with E-state index in [-0.39, 0.29) is 27.0 Å². The van der Waals surface area contributed by atoms with Crippen molar-refractivity contribution in [2.45, 2.75) is 0 Å². The number of benzene rings is 2. The summed E-state index contributed by atoms with van der Waals surface area (Å²) in [5.41, 5.74) is 4.08. The van der Waals surface area contributed by atoms with Gasteiger partial charge in [0.25, 0.3) is 0 Å². The molecule has 0 amide bonds. The van der Waals surface area contributed by atoms with Crippen molar-refractivity contribution in [1.82, 2.24) is 0 Å². The number of carbonyl (C=O) groups is 1. The maximum atomic E-state index is 13.9. The fraction of sp³-hybridized carbons (Fsp3) is 0.0714. The lowest BCUT2D eigenvalue weighted by Gasteiger charge is -2.10. The third kappa shape index (κ3) is 2.80. The van der Waals surface area contributed by atoms with E-state index in [4.69, 9.17) is 33.7 Å². The van der Waals surface area contributed by atoms with E-state index in [1.165, 1.54) is 19.2 Å². The molecule has 0 aliphatic carbocycles. The number of anilines is 1. The number of methoxy groups -OCH3 is 1. The SMILES string of the molecule is COc1cc(Cl)c(C(=O)c2c(F)ccc(N)c2F)cc1Cl. The highest BCUT2D eigenvalue weighted by Gasteiger charge is 2.24. The number of carbonyl (C=O) groups excluding carboxylic acids is 1. The van der Waals surface area contributed by atoms with Crippen LogP contribution in [0.3, 0.4) is 0 Å². The van der Waals surface area contributed by atoms with E-state index < -0.39 is 23.0 Å². The zero-order valence-electron chi connectivity index (χ0n) is 10.7. The molecule has 0 saturated carbocycles. The van der Waals surface area contributed by atoms with Crippen molar-refractivity contribution < 1.29 is 18.3 Å². The fourth-order valence-corrected chi connectivity index (χ4v) is 2.25. The van der Waals surface area contributed by atoms with Crippen LogP contribution in [0, 0.1) is 11.6 Å². The lowest BCUT2D eigenvalue weighted by Crippen LogP contribution is -2.10. The van der Waals surface area contributed by atoms with Gasteiger partial charge in [0.05, 0.1) is 28.4 Å². The van der Waals surface area contributed by atoms with Crippen molar-refractivity contribution in [3.63, 3.8) is 0 Å². The Morgan fingerprint density at radius 2 is 1.86 bits per heavy atom. The van der Waals surface area contributed by atoms with Gasteiger partial charge in [-0.05, 0) is 18.2 Å². The maximum Gasteiger partial charge on any atom is 0.200 e. The first kappa shape index (κ1) is 15.5. The van der Waals surface area contributed by atoms with E-state index in [2.05, 4.69) is 0 Å². The van der Waals surface area contributed by atoms with E-state index in [0.717, 1.165) is 12.1 Å². The summed E-state index contributed by atoms with van der Waals surface area (Å²) in [6, 6.07) is 4.42. The second-order valence-electron chi connectivity index (χ2n) is 4.12. The first-order valence-corrected chi connectivity index (χ1v) is 6.43. The Morgan fingerprint density at radius 1 is 1.19 bits per heavy atom. The minimum Gasteiger partial charge on any atom is -0.495 e. The highest BCUT2D eigenvalue weighted by Crippen LogP contribution is 2.33. The van der Waals surface area contributed by atoms with Gasteiger partial charge in [-0.15, -0.1) is 0 Å². The van der Waals surface area contributed by atoms with Crippen molar-refractivity contribution in [2.75, 3.05) is 12.8 Å². The Labute approximate surface area is 129 Å². The molecule has 2 N–H and O–H groups in total. The van der Waals surface area contributed by atoms with Crippen molar-refractivity contribution in [2.24, 2.45) is 0 Å². The molecule has 7 heteroatoms. The third-order valence-corrected chi connectivity index (χ3v) is 3.44. The molecular weight excluding hydrogens is 323 g/mol. The molecule has 0 radical (unpaired) electrons. The standard InChI is InChI=1S/C14H9Cl2F2NO2/c1-21-11-5-7(15)6(4-8(11)16)14(20)12-9(17)2-3-10(19)13(12)18/h2-5H,19H2,1H3. The molecule has 0 aliphatic heterocycles. The topological polar surface area (TPSA) is 52.3 Å². The molecule has 2 aromatic rings. The van der Waals surface area contributed by atoms with E-state index in [1.54, 1.807) is 0 Å². The minimum atomic E-state index is -1.14. The summed E-state index contributed by atoms with van der Waals surface area (Å²) in [6.45, 7) is 0. The molecular formula is C14H9Cl2F2NO2. The van der Waals surface area contributed by atoms with Gasteiger partial charge in [0, 0.05) is 11.6 Å². The molecule has 2 aromatic carbocycles. The van der Waals surface area contributed by atoms with Gasteiger partial charge in [0.1, 0.15) is 11.6 Å². The summed E-state index contributed by atoms with van der Waals surface area (Å²) in [5, 5.41) is 0.0532. The number of nitrogen functional groups attached to an aromatic ring is 1. The Hall–Kier alpha value is -1.85. The number of ether oxygens (including phenoxy) is 1. The molecule has 0 aliphatic rings. The van der Waals surface area contributed by atoms with Crippen molar-refractivity contribution >= 4 is 34.7 Å². The Kier molecular flexibility index (Phi) is 4.34. The molecule has 0 heterocycles. The van der Waals surface area contributed by atoms with Gasteiger partial charge in [-0.3, -0.25) is 4.79 Å². The smallest absolute Gasteiger partial charge is 0.200 e. The molecule has 0 unspecified atom stereocenters. The van der Waals surface area contributed by atoms with Crippen LogP contribution < -0.4 is 10.5 Å². The van der Waals surface area contributed by atoms with Gasteiger partial charge < -0.3 is 10.5 Å². The second kappa shape index (κ2) is 5.87. The molecule has 0 fully saturated rings. The minimum absolute atomic E-state index is 0.0394. The molecule has 21 heavy (non-hydrogen) atoms. The number of hydrogen-bond donors (Lipinski definition) is 1. The van der Waals surface area contributed by atoms with Crippen LogP contribution in [0.15, 0.2) is 24.3 Å². The van der Waals surface area contributed by atoms with E-state index in [0.29, 0.717) is 0 Å². The number of rotatable bonds is 3. The summed E-state index contributed by atoms with van der Waals surface area (Å²) in [6.07, 6.45) is 0. The predicted molar refractivity (Wildman–Crippen MR) is 77.2 cm³/mol. The van der Waals surface area contributed by atoms with Crippen molar-refractivity contribution in [1.29, 1.82) is 0 Å². The van der Waals surface area contributed by atoms with Crippen LogP contribution in [-0.4, -0.2) is 12.9 Å². The largest absolute Gasteiger partial charge is 0.495 e. The zero-order chi connectivity index (χ0) is 15.7. The van der Waals surface area contributed by atoms with Gasteiger partial charge >= 0.3 is 0 Å². The molecule has 0 atom stereocenters. The molecule has 0 bridgehead atoms. The molecule has 3 nitrogen and oxygen atoms in total. The Morgan fingerprint density at radius 3 is 2.48 bits per heavy atom. The summed E-state index contributed by atoms with van der Waals surface area (Å²) in [4.78, 5) is 12.3. The third-order valence-electron chi connectivity index (χ3n) is 2.83. The highest BCUT2D eigenvalue weighted by atomic mass is 35.5. The van der Waals surface area contributed by atoms with Crippen molar-refractivity contribution in [3.05, 3.63) is 57.1 Å². The number of ketones is 1. The monoisotopic (exact) mass is 331 g/mol. The van der Waals surface area contributed by atoms with Crippen molar-refractivity contribution in [3.8, 4) is 5.75 Å². The maximum absolute atomic E-state index is 13.9. The Balaban J connectivity index is 2.61. The first-order chi connectivity index (χ1) is 9.86. The molecule has 0 saturated heterocycles. The fourth-order valence-electron chi connectivity index (χ4n) is 1.77. The summed E-state index contributed by atoms with van der Waals surface area (Å²) in [7, 11) is 1.37. The lowest BCUT2D eigenvalue weighted by molar-refractivity contribution is 0.103. The van der Waals surface area contributed by atoms with Crippen LogP contribution in [0.5, 0.6) is 5.75 Å². The van der Waals surface area contributed by atoms with Gasteiger partial charge in [0.15, 0.2) is 5.82 Å². The van der Waals surface area contributed by atoms with E-state index >= 15 is 0 Å². The Bertz CT molecular complexity index is 735. The van der Waals surface area contributed by atoms with E-state index in [1.807, 2.05) is 0 Å². The predicted octanol–water partition coefficient (Wildman–Crippen LogP) is 4.09. The zero-order valence-corrected chi connectivity index (χ0v) is 12.2. The number of nitrogens with two attached hydrogens (primary N) is 1. The number of hydrogen-bond acceptors (Lipinski definition) is 3. The summed E-state index contributed by atoms with van der Waals surface area (Å²) >= 11 is 11.8. The molecule has 2 rings (SSSR count). The quantitative estimate of drug-likeness (QED) is 0.680. The highest BCUT2D eigenvalue weighted by molar-refractivity contribution is 6.37. The van der Waals surface area contributed by atoms with Crippen LogP contribution in [0.25, 0.3) is 0 Å². The molecule has 0 aromatic heterocycles. The van der Waals surface area contributed by atoms with Crippen LogP contribution in [0.2, 0.25) is 10.0 Å². The van der Waals surface area contributed by atoms with Crippen LogP contribution in [0.1, 0.15) is 15.9 Å². The lowest BCUT2D eigenvalue weighted by atomic mass is 10.0. The van der Waals surface area contributed by atoms with Crippen LogP contribution >= 0.6 is 23.2 Å².